The van der Waals surface area contributed by atoms with E-state index in [1.807, 2.05) is 13.0 Å². The van der Waals surface area contributed by atoms with Crippen molar-refractivity contribution in [2.24, 2.45) is 5.92 Å². The van der Waals surface area contributed by atoms with Crippen LogP contribution in [0.5, 0.6) is 0 Å². The number of benzene rings is 1. The largest absolute Gasteiger partial charge is 0.393 e. The fraction of sp³-hybridized carbons (Fsp3) is 0.600. The van der Waals surface area contributed by atoms with Crippen LogP contribution in [0.4, 0.5) is 5.69 Å². The van der Waals surface area contributed by atoms with Gasteiger partial charge in [-0.1, -0.05) is 19.1 Å². The Morgan fingerprint density at radius 2 is 2.25 bits per heavy atom. The van der Waals surface area contributed by atoms with E-state index in [9.17, 15) is 15.2 Å². The number of rotatable bonds is 4. The Morgan fingerprint density at radius 1 is 1.50 bits per heavy atom. The summed E-state index contributed by atoms with van der Waals surface area (Å²) in [6.45, 7) is 6.33. The minimum absolute atomic E-state index is 0.187. The first-order valence-corrected chi connectivity index (χ1v) is 7.16. The van der Waals surface area contributed by atoms with Crippen LogP contribution >= 0.6 is 0 Å². The molecule has 1 N–H and O–H groups in total. The molecule has 5 heteroatoms. The van der Waals surface area contributed by atoms with E-state index in [0.717, 1.165) is 43.6 Å². The third-order valence-electron chi connectivity index (χ3n) is 4.31. The van der Waals surface area contributed by atoms with Gasteiger partial charge in [-0.15, -0.1) is 0 Å². The topological polar surface area (TPSA) is 66.6 Å². The molecule has 2 rings (SSSR count). The highest BCUT2D eigenvalue weighted by atomic mass is 16.6. The number of aliphatic hydroxyl groups is 1. The Balaban J connectivity index is 2.11. The molecule has 1 aliphatic heterocycles. The number of likely N-dealkylation sites (tertiary alicyclic amines) is 1. The lowest BCUT2D eigenvalue weighted by molar-refractivity contribution is -0.385. The lowest BCUT2D eigenvalue weighted by atomic mass is 9.92. The van der Waals surface area contributed by atoms with E-state index in [4.69, 9.17) is 0 Å². The monoisotopic (exact) mass is 278 g/mol. The van der Waals surface area contributed by atoms with Crippen molar-refractivity contribution < 1.29 is 10.0 Å². The third kappa shape index (κ3) is 3.16. The molecule has 0 amide bonds. The summed E-state index contributed by atoms with van der Waals surface area (Å²) in [6, 6.07) is 5.25. The van der Waals surface area contributed by atoms with E-state index >= 15 is 0 Å². The van der Waals surface area contributed by atoms with E-state index in [2.05, 4.69) is 11.8 Å². The summed E-state index contributed by atoms with van der Waals surface area (Å²) in [5.74, 6) is 0.308. The molecule has 1 aromatic rings. The van der Waals surface area contributed by atoms with Crippen molar-refractivity contribution in [2.45, 2.75) is 39.3 Å². The molecule has 0 aliphatic carbocycles. The van der Waals surface area contributed by atoms with Crippen LogP contribution in [0.15, 0.2) is 18.2 Å². The van der Waals surface area contributed by atoms with E-state index in [1.165, 1.54) is 0 Å². The first-order chi connectivity index (χ1) is 9.52. The molecule has 0 bridgehead atoms. The fourth-order valence-electron chi connectivity index (χ4n) is 2.92. The van der Waals surface area contributed by atoms with Gasteiger partial charge in [0, 0.05) is 31.3 Å². The first kappa shape index (κ1) is 14.9. The number of nitro benzene ring substituents is 1. The SMILES string of the molecule is CCC1CN(Cc2cccc([N+](=O)[O-])c2C)CCC1O. The minimum Gasteiger partial charge on any atom is -0.393 e. The number of aliphatic hydroxyl groups excluding tert-OH is 1. The van der Waals surface area contributed by atoms with Crippen LogP contribution in [0.3, 0.4) is 0 Å². The van der Waals surface area contributed by atoms with Crippen molar-refractivity contribution in [3.63, 3.8) is 0 Å². The van der Waals surface area contributed by atoms with Crippen LogP contribution in [0, 0.1) is 23.0 Å². The Labute approximate surface area is 119 Å². The van der Waals surface area contributed by atoms with Crippen molar-refractivity contribution in [1.82, 2.24) is 4.90 Å². The van der Waals surface area contributed by atoms with Crippen molar-refractivity contribution >= 4 is 5.69 Å². The van der Waals surface area contributed by atoms with Crippen LogP contribution in [0.2, 0.25) is 0 Å². The van der Waals surface area contributed by atoms with Crippen LogP contribution < -0.4 is 0 Å². The van der Waals surface area contributed by atoms with Gasteiger partial charge >= 0.3 is 0 Å². The van der Waals surface area contributed by atoms with Gasteiger partial charge in [0.05, 0.1) is 11.0 Å². The van der Waals surface area contributed by atoms with Crippen molar-refractivity contribution in [1.29, 1.82) is 0 Å². The maximum atomic E-state index is 11.0. The Morgan fingerprint density at radius 3 is 2.90 bits per heavy atom. The molecule has 110 valence electrons. The van der Waals surface area contributed by atoms with Gasteiger partial charge in [0.15, 0.2) is 0 Å². The average Bonchev–Trinajstić information content (AvgIpc) is 2.42. The molecule has 2 atom stereocenters. The average molecular weight is 278 g/mol. The van der Waals surface area contributed by atoms with Crippen LogP contribution in [0.1, 0.15) is 30.9 Å². The highest BCUT2D eigenvalue weighted by Gasteiger charge is 2.27. The first-order valence-electron chi connectivity index (χ1n) is 7.16. The standard InChI is InChI=1S/C15H22N2O3/c1-3-12-9-16(8-7-15(12)18)10-13-5-4-6-14(11(13)2)17(19)20/h4-6,12,15,18H,3,7-10H2,1-2H3. The minimum atomic E-state index is -0.326. The molecule has 1 heterocycles. The summed E-state index contributed by atoms with van der Waals surface area (Å²) in [5, 5.41) is 20.9. The van der Waals surface area contributed by atoms with E-state index in [0.29, 0.717) is 5.92 Å². The van der Waals surface area contributed by atoms with Gasteiger partial charge in [-0.25, -0.2) is 0 Å². The summed E-state index contributed by atoms with van der Waals surface area (Å²) < 4.78 is 0. The highest BCUT2D eigenvalue weighted by Crippen LogP contribution is 2.25. The zero-order chi connectivity index (χ0) is 14.7. The molecule has 0 aromatic heterocycles. The van der Waals surface area contributed by atoms with Gasteiger partial charge in [0.1, 0.15) is 0 Å². The zero-order valence-corrected chi connectivity index (χ0v) is 12.1. The zero-order valence-electron chi connectivity index (χ0n) is 12.1. The third-order valence-corrected chi connectivity index (χ3v) is 4.31. The number of hydrogen-bond acceptors (Lipinski definition) is 4. The Kier molecular flexibility index (Phi) is 4.73. The quantitative estimate of drug-likeness (QED) is 0.678. The van der Waals surface area contributed by atoms with Gasteiger partial charge in [0.25, 0.3) is 5.69 Å². The second-order valence-corrected chi connectivity index (χ2v) is 5.58. The van der Waals surface area contributed by atoms with Crippen molar-refractivity contribution in [2.75, 3.05) is 13.1 Å². The summed E-state index contributed by atoms with van der Waals surface area (Å²) in [6.07, 6.45) is 1.54. The number of nitro groups is 1. The van der Waals surface area contributed by atoms with Crippen LogP contribution in [-0.2, 0) is 6.54 Å². The molecule has 1 saturated heterocycles. The molecular weight excluding hydrogens is 256 g/mol. The number of hydrogen-bond donors (Lipinski definition) is 1. The Hall–Kier alpha value is -1.46. The summed E-state index contributed by atoms with van der Waals surface area (Å²) in [7, 11) is 0. The van der Waals surface area contributed by atoms with E-state index in [1.54, 1.807) is 12.1 Å². The van der Waals surface area contributed by atoms with Gasteiger partial charge < -0.3 is 5.11 Å². The van der Waals surface area contributed by atoms with Crippen LogP contribution in [0.25, 0.3) is 0 Å². The maximum Gasteiger partial charge on any atom is 0.272 e. The molecule has 0 radical (unpaired) electrons. The maximum absolute atomic E-state index is 11.0. The molecule has 20 heavy (non-hydrogen) atoms. The second-order valence-electron chi connectivity index (χ2n) is 5.58. The molecule has 2 unspecified atom stereocenters. The smallest absolute Gasteiger partial charge is 0.272 e. The van der Waals surface area contributed by atoms with Gasteiger partial charge in [-0.05, 0) is 31.2 Å². The summed E-state index contributed by atoms with van der Waals surface area (Å²) in [5.41, 5.74) is 1.94. The van der Waals surface area contributed by atoms with Gasteiger partial charge in [0.2, 0.25) is 0 Å². The van der Waals surface area contributed by atoms with Gasteiger partial charge in [-0.2, -0.15) is 0 Å². The van der Waals surface area contributed by atoms with Gasteiger partial charge in [-0.3, -0.25) is 15.0 Å². The van der Waals surface area contributed by atoms with Crippen molar-refractivity contribution in [3.05, 3.63) is 39.4 Å². The molecule has 1 aliphatic rings. The molecule has 0 spiro atoms. The second kappa shape index (κ2) is 6.33. The van der Waals surface area contributed by atoms with Crippen molar-refractivity contribution in [3.8, 4) is 0 Å². The highest BCUT2D eigenvalue weighted by molar-refractivity contribution is 5.44. The number of piperidine rings is 1. The summed E-state index contributed by atoms with van der Waals surface area (Å²) in [4.78, 5) is 12.9. The normalized spacial score (nSPS) is 23.8. The van der Waals surface area contributed by atoms with Crippen LogP contribution in [-0.4, -0.2) is 34.1 Å². The van der Waals surface area contributed by atoms with E-state index < -0.39 is 0 Å². The lowest BCUT2D eigenvalue weighted by Crippen LogP contribution is -2.42. The fourth-order valence-corrected chi connectivity index (χ4v) is 2.92. The predicted molar refractivity (Wildman–Crippen MR) is 77.5 cm³/mol. The molecule has 5 nitrogen and oxygen atoms in total. The van der Waals surface area contributed by atoms with E-state index in [-0.39, 0.29) is 16.7 Å². The lowest BCUT2D eigenvalue weighted by Gasteiger charge is -2.36. The predicted octanol–water partition coefficient (Wildman–Crippen LogP) is 2.50. The summed E-state index contributed by atoms with van der Waals surface area (Å²) >= 11 is 0. The molecular formula is C15H22N2O3. The molecule has 0 saturated carbocycles. The molecule has 1 aromatic carbocycles. The Bertz CT molecular complexity index is 490. The number of nitrogens with zero attached hydrogens (tertiary/aromatic N) is 2. The molecule has 1 fully saturated rings.